The molecule has 2 rings (SSSR count). The first-order chi connectivity index (χ1) is 13.4. The Labute approximate surface area is 164 Å². The quantitative estimate of drug-likeness (QED) is 0.732. The number of nitriles is 1. The van der Waals surface area contributed by atoms with Gasteiger partial charge in [0.25, 0.3) is 5.91 Å². The molecule has 0 heterocycles. The van der Waals surface area contributed by atoms with E-state index >= 15 is 0 Å². The van der Waals surface area contributed by atoms with Crippen LogP contribution in [0.4, 0.5) is 5.69 Å². The number of nitrogens with one attached hydrogen (secondary N) is 2. The van der Waals surface area contributed by atoms with E-state index in [0.717, 1.165) is 16.8 Å². The number of carbonyl (C=O) groups is 2. The van der Waals surface area contributed by atoms with E-state index in [4.69, 9.17) is 14.7 Å². The van der Waals surface area contributed by atoms with Gasteiger partial charge >= 0.3 is 0 Å². The number of rotatable bonds is 8. The Hall–Kier alpha value is -3.53. The van der Waals surface area contributed by atoms with Crippen molar-refractivity contribution in [2.75, 3.05) is 25.1 Å². The van der Waals surface area contributed by atoms with Crippen LogP contribution >= 0.6 is 0 Å². The third-order valence-electron chi connectivity index (χ3n) is 3.92. The first kappa shape index (κ1) is 20.8. The molecule has 0 radical (unpaired) electrons. The van der Waals surface area contributed by atoms with Crippen molar-refractivity contribution in [2.24, 2.45) is 0 Å². The molecule has 0 aromatic heterocycles. The van der Waals surface area contributed by atoms with Crippen molar-refractivity contribution in [2.45, 2.75) is 20.8 Å². The van der Waals surface area contributed by atoms with Crippen LogP contribution in [0, 0.1) is 25.2 Å². The minimum Gasteiger partial charge on any atom is -0.490 e. The summed E-state index contributed by atoms with van der Waals surface area (Å²) in [5.74, 6) is -0.0132. The molecule has 7 heteroatoms. The Kier molecular flexibility index (Phi) is 7.40. The molecule has 0 saturated carbocycles. The van der Waals surface area contributed by atoms with Gasteiger partial charge in [-0.1, -0.05) is 18.2 Å². The molecule has 0 atom stereocenters. The highest BCUT2D eigenvalue weighted by Gasteiger charge is 2.11. The summed E-state index contributed by atoms with van der Waals surface area (Å²) < 4.78 is 10.9. The summed E-state index contributed by atoms with van der Waals surface area (Å²) in [6, 6.07) is 12.4. The molecule has 2 aromatic carbocycles. The Bertz CT molecular complexity index is 883. The molecule has 0 saturated heterocycles. The first-order valence-corrected chi connectivity index (χ1v) is 8.87. The fourth-order valence-electron chi connectivity index (χ4n) is 2.53. The van der Waals surface area contributed by atoms with Gasteiger partial charge in [0, 0.05) is 11.8 Å². The lowest BCUT2D eigenvalue weighted by atomic mass is 10.1. The van der Waals surface area contributed by atoms with E-state index in [1.54, 1.807) is 18.2 Å². The predicted molar refractivity (Wildman–Crippen MR) is 105 cm³/mol. The Morgan fingerprint density at radius 1 is 1.04 bits per heavy atom. The summed E-state index contributed by atoms with van der Waals surface area (Å²) in [6.45, 7) is 5.58. The zero-order chi connectivity index (χ0) is 20.5. The molecule has 0 unspecified atom stereocenters. The molecule has 0 fully saturated rings. The molecule has 0 aliphatic carbocycles. The molecular weight excluding hydrogens is 358 g/mol. The van der Waals surface area contributed by atoms with Crippen molar-refractivity contribution >= 4 is 17.5 Å². The predicted octanol–water partition coefficient (Wildman–Crippen LogP) is 2.71. The van der Waals surface area contributed by atoms with Gasteiger partial charge in [0.15, 0.2) is 18.1 Å². The topological polar surface area (TPSA) is 100 Å². The van der Waals surface area contributed by atoms with Crippen LogP contribution in [0.1, 0.15) is 23.6 Å². The van der Waals surface area contributed by atoms with E-state index in [9.17, 15) is 9.59 Å². The van der Waals surface area contributed by atoms with Gasteiger partial charge in [-0.3, -0.25) is 9.59 Å². The molecule has 28 heavy (non-hydrogen) atoms. The van der Waals surface area contributed by atoms with Crippen LogP contribution in [0.5, 0.6) is 11.5 Å². The summed E-state index contributed by atoms with van der Waals surface area (Å²) in [5, 5.41) is 14.3. The molecule has 2 N–H and O–H groups in total. The van der Waals surface area contributed by atoms with Crippen LogP contribution in [0.25, 0.3) is 0 Å². The van der Waals surface area contributed by atoms with E-state index in [-0.39, 0.29) is 19.1 Å². The first-order valence-electron chi connectivity index (χ1n) is 8.87. The molecular formula is C21H23N3O4. The van der Waals surface area contributed by atoms with Crippen molar-refractivity contribution in [1.82, 2.24) is 5.32 Å². The largest absolute Gasteiger partial charge is 0.490 e. The van der Waals surface area contributed by atoms with E-state index in [1.807, 2.05) is 45.0 Å². The molecule has 0 aliphatic rings. The Balaban J connectivity index is 1.86. The number of amides is 2. The second-order valence-corrected chi connectivity index (χ2v) is 6.09. The van der Waals surface area contributed by atoms with Gasteiger partial charge in [0.1, 0.15) is 0 Å². The molecule has 0 aliphatic heterocycles. The van der Waals surface area contributed by atoms with Crippen LogP contribution < -0.4 is 20.1 Å². The van der Waals surface area contributed by atoms with Gasteiger partial charge in [-0.2, -0.15) is 5.26 Å². The van der Waals surface area contributed by atoms with Crippen LogP contribution in [0.15, 0.2) is 36.4 Å². The SMILES string of the molecule is CCOc1cc(C#N)ccc1OCC(=O)NCC(=O)Nc1c(C)cccc1C. The normalized spacial score (nSPS) is 9.93. The minimum atomic E-state index is -0.441. The number of benzene rings is 2. The summed E-state index contributed by atoms with van der Waals surface area (Å²) >= 11 is 0. The van der Waals surface area contributed by atoms with Gasteiger partial charge in [-0.15, -0.1) is 0 Å². The Morgan fingerprint density at radius 2 is 1.75 bits per heavy atom. The third-order valence-corrected chi connectivity index (χ3v) is 3.92. The maximum absolute atomic E-state index is 12.1. The van der Waals surface area contributed by atoms with Gasteiger partial charge in [0.05, 0.1) is 24.8 Å². The molecule has 146 valence electrons. The number of hydrogen-bond acceptors (Lipinski definition) is 5. The average Bonchev–Trinajstić information content (AvgIpc) is 2.68. The number of ether oxygens (including phenoxy) is 2. The monoisotopic (exact) mass is 381 g/mol. The van der Waals surface area contributed by atoms with Crippen LogP contribution in [0.2, 0.25) is 0 Å². The van der Waals surface area contributed by atoms with Gasteiger partial charge in [-0.05, 0) is 44.0 Å². The number of hydrogen-bond donors (Lipinski definition) is 2. The van der Waals surface area contributed by atoms with Gasteiger partial charge in [0.2, 0.25) is 5.91 Å². The lowest BCUT2D eigenvalue weighted by Crippen LogP contribution is -2.36. The molecule has 2 aromatic rings. The highest BCUT2D eigenvalue weighted by Crippen LogP contribution is 2.28. The second-order valence-electron chi connectivity index (χ2n) is 6.09. The fourth-order valence-corrected chi connectivity index (χ4v) is 2.53. The maximum atomic E-state index is 12.1. The van der Waals surface area contributed by atoms with Crippen LogP contribution in [-0.2, 0) is 9.59 Å². The van der Waals surface area contributed by atoms with Crippen molar-refractivity contribution in [3.63, 3.8) is 0 Å². The van der Waals surface area contributed by atoms with Crippen LogP contribution in [-0.4, -0.2) is 31.6 Å². The Morgan fingerprint density at radius 3 is 2.39 bits per heavy atom. The van der Waals surface area contributed by atoms with E-state index in [0.29, 0.717) is 23.7 Å². The fraction of sp³-hybridized carbons (Fsp3) is 0.286. The number of para-hydroxylation sites is 1. The highest BCUT2D eigenvalue weighted by molar-refractivity contribution is 5.95. The zero-order valence-corrected chi connectivity index (χ0v) is 16.2. The molecule has 2 amide bonds. The number of anilines is 1. The summed E-state index contributed by atoms with van der Waals surface area (Å²) in [5.41, 5.74) is 3.08. The van der Waals surface area contributed by atoms with E-state index in [1.165, 1.54) is 0 Å². The van der Waals surface area contributed by atoms with Crippen molar-refractivity contribution in [3.05, 3.63) is 53.1 Å². The summed E-state index contributed by atoms with van der Waals surface area (Å²) in [7, 11) is 0. The van der Waals surface area contributed by atoms with Crippen molar-refractivity contribution in [1.29, 1.82) is 5.26 Å². The standard InChI is InChI=1S/C21H23N3O4/c1-4-27-18-10-16(11-22)8-9-17(18)28-13-20(26)23-12-19(25)24-21-14(2)6-5-7-15(21)3/h5-10H,4,12-13H2,1-3H3,(H,23,26)(H,24,25). The number of carbonyl (C=O) groups excluding carboxylic acids is 2. The molecule has 7 nitrogen and oxygen atoms in total. The third kappa shape index (κ3) is 5.74. The maximum Gasteiger partial charge on any atom is 0.258 e. The van der Waals surface area contributed by atoms with Crippen molar-refractivity contribution < 1.29 is 19.1 Å². The zero-order valence-electron chi connectivity index (χ0n) is 16.2. The lowest BCUT2D eigenvalue weighted by molar-refractivity contribution is -0.125. The summed E-state index contributed by atoms with van der Waals surface area (Å²) in [6.07, 6.45) is 0. The number of aryl methyl sites for hydroxylation is 2. The lowest BCUT2D eigenvalue weighted by Gasteiger charge is -2.13. The van der Waals surface area contributed by atoms with E-state index in [2.05, 4.69) is 10.6 Å². The highest BCUT2D eigenvalue weighted by atomic mass is 16.5. The molecule has 0 bridgehead atoms. The average molecular weight is 381 g/mol. The smallest absolute Gasteiger partial charge is 0.258 e. The number of nitrogens with zero attached hydrogens (tertiary/aromatic N) is 1. The van der Waals surface area contributed by atoms with Gasteiger partial charge in [-0.25, -0.2) is 0 Å². The second kappa shape index (κ2) is 9.97. The van der Waals surface area contributed by atoms with Crippen LogP contribution in [0.3, 0.4) is 0 Å². The van der Waals surface area contributed by atoms with Gasteiger partial charge < -0.3 is 20.1 Å². The summed E-state index contributed by atoms with van der Waals surface area (Å²) in [4.78, 5) is 24.1. The van der Waals surface area contributed by atoms with E-state index < -0.39 is 5.91 Å². The molecule has 0 spiro atoms. The van der Waals surface area contributed by atoms with Crippen molar-refractivity contribution in [3.8, 4) is 17.6 Å². The minimum absolute atomic E-state index is 0.165.